The maximum absolute atomic E-state index is 12.9. The Hall–Kier alpha value is -2.18. The van der Waals surface area contributed by atoms with Gasteiger partial charge in [-0.15, -0.1) is 0 Å². The second-order valence-corrected chi connectivity index (χ2v) is 7.23. The number of carbonyl (C=O) groups excluding carboxylic acids is 1. The van der Waals surface area contributed by atoms with Gasteiger partial charge in [-0.25, -0.2) is 0 Å². The first-order valence-corrected chi connectivity index (χ1v) is 8.67. The molecule has 1 saturated carbocycles. The van der Waals surface area contributed by atoms with Crippen LogP contribution in [-0.4, -0.2) is 37.3 Å². The summed E-state index contributed by atoms with van der Waals surface area (Å²) in [6.45, 7) is 4.83. The molecule has 0 N–H and O–H groups in total. The van der Waals surface area contributed by atoms with Gasteiger partial charge in [-0.05, 0) is 30.7 Å². The first-order valence-electron chi connectivity index (χ1n) is 8.67. The van der Waals surface area contributed by atoms with E-state index < -0.39 is 0 Å². The second kappa shape index (κ2) is 5.72. The van der Waals surface area contributed by atoms with Gasteiger partial charge in [0, 0.05) is 31.6 Å². The van der Waals surface area contributed by atoms with Crippen LogP contribution in [0.25, 0.3) is 0 Å². The first kappa shape index (κ1) is 15.4. The zero-order valence-corrected chi connectivity index (χ0v) is 14.3. The molecule has 24 heavy (non-hydrogen) atoms. The Balaban J connectivity index is 1.47. The zero-order valence-electron chi connectivity index (χ0n) is 14.3. The van der Waals surface area contributed by atoms with Gasteiger partial charge in [0.25, 0.3) is 0 Å². The fourth-order valence-corrected chi connectivity index (χ4v) is 3.60. The van der Waals surface area contributed by atoms with Crippen molar-refractivity contribution in [2.75, 3.05) is 6.54 Å². The Kier molecular flexibility index (Phi) is 3.66. The van der Waals surface area contributed by atoms with Crippen molar-refractivity contribution in [3.05, 3.63) is 29.7 Å². The molecular formula is C17H23N5O2. The van der Waals surface area contributed by atoms with Crippen molar-refractivity contribution in [1.29, 1.82) is 0 Å². The van der Waals surface area contributed by atoms with E-state index in [1.54, 1.807) is 4.68 Å². The Morgan fingerprint density at radius 1 is 1.42 bits per heavy atom. The topological polar surface area (TPSA) is 77.1 Å². The SMILES string of the molecule is CC(C)c1nc([C@@H]2CCCN2C(=O)[C@H]2C[C@H]2c2cnn(C)c2)no1. The van der Waals surface area contributed by atoms with E-state index in [1.807, 2.05) is 38.2 Å². The van der Waals surface area contributed by atoms with Crippen LogP contribution in [0, 0.1) is 5.92 Å². The Bertz CT molecular complexity index is 750. The number of aryl methyl sites for hydroxylation is 1. The summed E-state index contributed by atoms with van der Waals surface area (Å²) in [6.07, 6.45) is 6.69. The summed E-state index contributed by atoms with van der Waals surface area (Å²) in [5.74, 6) is 2.11. The second-order valence-electron chi connectivity index (χ2n) is 7.23. The quantitative estimate of drug-likeness (QED) is 0.861. The highest BCUT2D eigenvalue weighted by Gasteiger charge is 2.48. The number of amides is 1. The number of hydrogen-bond donors (Lipinski definition) is 0. The molecular weight excluding hydrogens is 306 g/mol. The van der Waals surface area contributed by atoms with Crippen LogP contribution in [-0.2, 0) is 11.8 Å². The molecule has 128 valence electrons. The van der Waals surface area contributed by atoms with Gasteiger partial charge in [0.2, 0.25) is 11.8 Å². The molecule has 1 aliphatic carbocycles. The molecule has 1 aliphatic heterocycles. The normalized spacial score (nSPS) is 26.3. The van der Waals surface area contributed by atoms with Crippen LogP contribution < -0.4 is 0 Å². The van der Waals surface area contributed by atoms with Crippen molar-refractivity contribution >= 4 is 5.91 Å². The predicted octanol–water partition coefficient (Wildman–Crippen LogP) is 2.39. The molecule has 0 unspecified atom stereocenters. The summed E-state index contributed by atoms with van der Waals surface area (Å²) >= 11 is 0. The van der Waals surface area contributed by atoms with Crippen molar-refractivity contribution in [3.63, 3.8) is 0 Å². The summed E-state index contributed by atoms with van der Waals surface area (Å²) < 4.78 is 7.12. The molecule has 1 saturated heterocycles. The number of likely N-dealkylation sites (tertiary alicyclic amines) is 1. The monoisotopic (exact) mass is 329 g/mol. The Labute approximate surface area is 141 Å². The number of nitrogens with zero attached hydrogens (tertiary/aromatic N) is 5. The van der Waals surface area contributed by atoms with Gasteiger partial charge in [-0.1, -0.05) is 19.0 Å². The predicted molar refractivity (Wildman–Crippen MR) is 86.1 cm³/mol. The highest BCUT2D eigenvalue weighted by Crippen LogP contribution is 2.49. The minimum atomic E-state index is -0.0381. The molecule has 2 fully saturated rings. The molecule has 0 bridgehead atoms. The molecule has 0 radical (unpaired) electrons. The lowest BCUT2D eigenvalue weighted by molar-refractivity contribution is -0.133. The first-order chi connectivity index (χ1) is 11.5. The number of rotatable bonds is 4. The smallest absolute Gasteiger partial charge is 0.229 e. The van der Waals surface area contributed by atoms with Gasteiger partial charge in [-0.3, -0.25) is 9.48 Å². The van der Waals surface area contributed by atoms with Crippen LogP contribution >= 0.6 is 0 Å². The molecule has 0 spiro atoms. The lowest BCUT2D eigenvalue weighted by Gasteiger charge is -2.22. The van der Waals surface area contributed by atoms with Crippen LogP contribution in [0.2, 0.25) is 0 Å². The van der Waals surface area contributed by atoms with E-state index in [0.717, 1.165) is 31.4 Å². The fraction of sp³-hybridized carbons (Fsp3) is 0.647. The van der Waals surface area contributed by atoms with E-state index in [1.165, 1.54) is 0 Å². The maximum atomic E-state index is 12.9. The third-order valence-corrected chi connectivity index (χ3v) is 5.05. The van der Waals surface area contributed by atoms with Crippen LogP contribution in [0.4, 0.5) is 0 Å². The summed E-state index contributed by atoms with van der Waals surface area (Å²) in [4.78, 5) is 19.4. The molecule has 1 amide bonds. The van der Waals surface area contributed by atoms with Crippen molar-refractivity contribution in [2.24, 2.45) is 13.0 Å². The van der Waals surface area contributed by atoms with E-state index >= 15 is 0 Å². The van der Waals surface area contributed by atoms with Crippen LogP contribution in [0.3, 0.4) is 0 Å². The van der Waals surface area contributed by atoms with Gasteiger partial charge in [0.15, 0.2) is 5.82 Å². The minimum absolute atomic E-state index is 0.0381. The summed E-state index contributed by atoms with van der Waals surface area (Å²) in [5.41, 5.74) is 1.16. The summed E-state index contributed by atoms with van der Waals surface area (Å²) in [5, 5.41) is 8.33. The van der Waals surface area contributed by atoms with Crippen LogP contribution in [0.5, 0.6) is 0 Å². The lowest BCUT2D eigenvalue weighted by Crippen LogP contribution is -2.32. The molecule has 2 aromatic rings. The maximum Gasteiger partial charge on any atom is 0.229 e. The largest absolute Gasteiger partial charge is 0.339 e. The minimum Gasteiger partial charge on any atom is -0.339 e. The van der Waals surface area contributed by atoms with Gasteiger partial charge in [-0.2, -0.15) is 10.1 Å². The third kappa shape index (κ3) is 2.61. The molecule has 7 nitrogen and oxygen atoms in total. The molecule has 4 rings (SSSR count). The summed E-state index contributed by atoms with van der Waals surface area (Å²) in [7, 11) is 1.90. The van der Waals surface area contributed by atoms with Crippen molar-refractivity contribution in [1.82, 2.24) is 24.8 Å². The average molecular weight is 329 g/mol. The van der Waals surface area contributed by atoms with E-state index in [4.69, 9.17) is 4.52 Å². The molecule has 3 heterocycles. The van der Waals surface area contributed by atoms with Gasteiger partial charge in [0.1, 0.15) is 0 Å². The Morgan fingerprint density at radius 3 is 2.92 bits per heavy atom. The van der Waals surface area contributed by atoms with Gasteiger partial charge < -0.3 is 9.42 Å². The van der Waals surface area contributed by atoms with Gasteiger partial charge >= 0.3 is 0 Å². The number of aromatic nitrogens is 4. The van der Waals surface area contributed by atoms with Gasteiger partial charge in [0.05, 0.1) is 12.2 Å². The van der Waals surface area contributed by atoms with E-state index in [0.29, 0.717) is 17.6 Å². The van der Waals surface area contributed by atoms with Crippen LogP contribution in [0.15, 0.2) is 16.9 Å². The van der Waals surface area contributed by atoms with E-state index in [-0.39, 0.29) is 23.8 Å². The fourth-order valence-electron chi connectivity index (χ4n) is 3.60. The highest BCUT2D eigenvalue weighted by atomic mass is 16.5. The molecule has 3 atom stereocenters. The molecule has 0 aromatic carbocycles. The number of hydrogen-bond acceptors (Lipinski definition) is 5. The number of carbonyl (C=O) groups is 1. The van der Waals surface area contributed by atoms with E-state index in [9.17, 15) is 4.79 Å². The Morgan fingerprint density at radius 2 is 2.25 bits per heavy atom. The standard InChI is InChI=1S/C17H23N5O2/c1-10(2)16-19-15(20-24-16)14-5-4-6-22(14)17(23)13-7-12(13)11-8-18-21(3)9-11/h8-10,12-14H,4-7H2,1-3H3/t12-,13-,14-/m0/s1. The molecule has 2 aromatic heterocycles. The molecule has 7 heteroatoms. The van der Waals surface area contributed by atoms with Crippen LogP contribution in [0.1, 0.15) is 68.3 Å². The molecule has 2 aliphatic rings. The average Bonchev–Trinajstić information content (AvgIpc) is 2.97. The van der Waals surface area contributed by atoms with Crippen molar-refractivity contribution in [2.45, 2.75) is 51.0 Å². The third-order valence-electron chi connectivity index (χ3n) is 5.05. The highest BCUT2D eigenvalue weighted by molar-refractivity contribution is 5.83. The van der Waals surface area contributed by atoms with Crippen molar-refractivity contribution in [3.8, 4) is 0 Å². The van der Waals surface area contributed by atoms with Crippen molar-refractivity contribution < 1.29 is 9.32 Å². The lowest BCUT2D eigenvalue weighted by atomic mass is 10.1. The van der Waals surface area contributed by atoms with E-state index in [2.05, 4.69) is 15.2 Å². The summed E-state index contributed by atoms with van der Waals surface area (Å²) in [6, 6.07) is -0.0381. The zero-order chi connectivity index (χ0) is 16.8.